The first kappa shape index (κ1) is 19.0. The Morgan fingerprint density at radius 2 is 1.83 bits per heavy atom. The van der Waals surface area contributed by atoms with Crippen LogP contribution in [0.2, 0.25) is 0 Å². The monoisotopic (exact) mass is 408 g/mol. The van der Waals surface area contributed by atoms with Crippen molar-refractivity contribution in [2.75, 3.05) is 6.61 Å². The molecule has 146 valence electrons. The lowest BCUT2D eigenvalue weighted by Gasteiger charge is -2.06. The van der Waals surface area contributed by atoms with Crippen LogP contribution < -0.4 is 4.80 Å². The number of thiazole rings is 1. The first-order valence-electron chi connectivity index (χ1n) is 9.08. The van der Waals surface area contributed by atoms with Crippen molar-refractivity contribution in [3.63, 3.8) is 0 Å². The molecule has 0 atom stereocenters. The minimum atomic E-state index is -0.501. The SMILES string of the molecule is CCOC(=O)Cn1c(=NC(=O)c2ccc(F)cc2)sc2c3ccccc3ccc21. The second kappa shape index (κ2) is 7.97. The van der Waals surface area contributed by atoms with Gasteiger partial charge in [-0.3, -0.25) is 9.59 Å². The molecule has 29 heavy (non-hydrogen) atoms. The largest absolute Gasteiger partial charge is 0.465 e. The van der Waals surface area contributed by atoms with Gasteiger partial charge in [-0.05, 0) is 42.6 Å². The van der Waals surface area contributed by atoms with Crippen LogP contribution in [0.25, 0.3) is 21.0 Å². The van der Waals surface area contributed by atoms with E-state index in [0.29, 0.717) is 4.80 Å². The number of esters is 1. The Morgan fingerprint density at radius 1 is 1.07 bits per heavy atom. The Labute approximate surface area is 169 Å². The van der Waals surface area contributed by atoms with E-state index < -0.39 is 17.7 Å². The molecule has 0 fully saturated rings. The van der Waals surface area contributed by atoms with Gasteiger partial charge >= 0.3 is 5.97 Å². The molecule has 1 aromatic heterocycles. The maximum absolute atomic E-state index is 13.1. The number of nitrogens with zero attached hydrogens (tertiary/aromatic N) is 2. The fourth-order valence-electron chi connectivity index (χ4n) is 3.12. The molecule has 0 bridgehead atoms. The van der Waals surface area contributed by atoms with Crippen LogP contribution in [0.1, 0.15) is 17.3 Å². The number of ether oxygens (including phenoxy) is 1. The highest BCUT2D eigenvalue weighted by Gasteiger charge is 2.14. The minimum absolute atomic E-state index is 0.0539. The van der Waals surface area contributed by atoms with Crippen molar-refractivity contribution < 1.29 is 18.7 Å². The average molecular weight is 408 g/mol. The lowest BCUT2D eigenvalue weighted by Crippen LogP contribution is -2.23. The average Bonchev–Trinajstić information content (AvgIpc) is 3.06. The number of hydrogen-bond acceptors (Lipinski definition) is 4. The van der Waals surface area contributed by atoms with E-state index in [1.54, 1.807) is 11.5 Å². The predicted molar refractivity (Wildman–Crippen MR) is 110 cm³/mol. The van der Waals surface area contributed by atoms with Crippen molar-refractivity contribution in [2.45, 2.75) is 13.5 Å². The van der Waals surface area contributed by atoms with Gasteiger partial charge in [-0.2, -0.15) is 4.99 Å². The molecule has 1 amide bonds. The number of hydrogen-bond donors (Lipinski definition) is 0. The smallest absolute Gasteiger partial charge is 0.326 e. The van der Waals surface area contributed by atoms with Gasteiger partial charge in [0.05, 0.1) is 16.8 Å². The number of aromatic nitrogens is 1. The number of amides is 1. The lowest BCUT2D eigenvalue weighted by molar-refractivity contribution is -0.143. The summed E-state index contributed by atoms with van der Waals surface area (Å²) < 4.78 is 20.9. The molecule has 0 unspecified atom stereocenters. The summed E-state index contributed by atoms with van der Waals surface area (Å²) in [6.07, 6.45) is 0. The van der Waals surface area contributed by atoms with Gasteiger partial charge in [0, 0.05) is 10.9 Å². The second-order valence-electron chi connectivity index (χ2n) is 6.33. The summed E-state index contributed by atoms with van der Waals surface area (Å²) in [5.74, 6) is -1.33. The van der Waals surface area contributed by atoms with Crippen LogP contribution in [0.5, 0.6) is 0 Å². The van der Waals surface area contributed by atoms with Crippen molar-refractivity contribution in [3.8, 4) is 0 Å². The third kappa shape index (κ3) is 3.82. The van der Waals surface area contributed by atoms with Gasteiger partial charge in [0.15, 0.2) is 4.80 Å². The molecule has 0 aliphatic heterocycles. The number of carbonyl (C=O) groups is 2. The van der Waals surface area contributed by atoms with Gasteiger partial charge in [0.25, 0.3) is 5.91 Å². The van der Waals surface area contributed by atoms with Gasteiger partial charge in [-0.25, -0.2) is 4.39 Å². The zero-order chi connectivity index (χ0) is 20.4. The Balaban J connectivity index is 1.90. The predicted octanol–water partition coefficient (Wildman–Crippen LogP) is 4.30. The Morgan fingerprint density at radius 3 is 2.59 bits per heavy atom. The molecule has 5 nitrogen and oxygen atoms in total. The molecule has 0 saturated heterocycles. The van der Waals surface area contributed by atoms with E-state index in [9.17, 15) is 14.0 Å². The Bertz CT molecular complexity index is 1290. The molecular weight excluding hydrogens is 391 g/mol. The molecule has 0 radical (unpaired) electrons. The lowest BCUT2D eigenvalue weighted by atomic mass is 10.1. The van der Waals surface area contributed by atoms with Crippen molar-refractivity contribution in [1.82, 2.24) is 4.57 Å². The summed E-state index contributed by atoms with van der Waals surface area (Å²) in [6.45, 7) is 1.96. The maximum Gasteiger partial charge on any atom is 0.326 e. The molecule has 0 aliphatic rings. The quantitative estimate of drug-likeness (QED) is 0.473. The van der Waals surface area contributed by atoms with E-state index in [-0.39, 0.29) is 18.7 Å². The van der Waals surface area contributed by atoms with Gasteiger partial charge < -0.3 is 9.30 Å². The van der Waals surface area contributed by atoms with E-state index in [1.165, 1.54) is 35.6 Å². The van der Waals surface area contributed by atoms with Crippen molar-refractivity contribution in [1.29, 1.82) is 0 Å². The Kier molecular flexibility index (Phi) is 5.22. The van der Waals surface area contributed by atoms with Crippen molar-refractivity contribution in [3.05, 3.63) is 76.8 Å². The topological polar surface area (TPSA) is 60.7 Å². The van der Waals surface area contributed by atoms with Crippen LogP contribution in [-0.2, 0) is 16.1 Å². The first-order chi connectivity index (χ1) is 14.1. The highest BCUT2D eigenvalue weighted by atomic mass is 32.1. The van der Waals surface area contributed by atoms with E-state index in [0.717, 1.165) is 21.0 Å². The molecule has 0 spiro atoms. The molecule has 4 aromatic rings. The van der Waals surface area contributed by atoms with Crippen molar-refractivity contribution >= 4 is 44.2 Å². The summed E-state index contributed by atoms with van der Waals surface area (Å²) in [4.78, 5) is 29.4. The minimum Gasteiger partial charge on any atom is -0.465 e. The number of rotatable bonds is 4. The molecule has 4 rings (SSSR count). The third-order valence-electron chi connectivity index (χ3n) is 4.45. The summed E-state index contributed by atoms with van der Waals surface area (Å²) in [5.41, 5.74) is 1.07. The fraction of sp³-hybridized carbons (Fsp3) is 0.136. The Hall–Kier alpha value is -3.32. The van der Waals surface area contributed by atoms with E-state index in [2.05, 4.69) is 4.99 Å². The maximum atomic E-state index is 13.1. The van der Waals surface area contributed by atoms with Crippen LogP contribution in [0.4, 0.5) is 4.39 Å². The van der Waals surface area contributed by atoms with E-state index >= 15 is 0 Å². The van der Waals surface area contributed by atoms with Crippen LogP contribution in [0.15, 0.2) is 65.7 Å². The normalized spacial score (nSPS) is 11.9. The molecular formula is C22H17FN2O3S. The number of fused-ring (bicyclic) bond motifs is 3. The van der Waals surface area contributed by atoms with E-state index in [1.807, 2.05) is 36.4 Å². The van der Waals surface area contributed by atoms with Crippen LogP contribution >= 0.6 is 11.3 Å². The van der Waals surface area contributed by atoms with E-state index in [4.69, 9.17) is 4.74 Å². The van der Waals surface area contributed by atoms with Gasteiger partial charge in [0.2, 0.25) is 0 Å². The zero-order valence-electron chi connectivity index (χ0n) is 15.6. The van der Waals surface area contributed by atoms with Crippen LogP contribution in [0.3, 0.4) is 0 Å². The first-order valence-corrected chi connectivity index (χ1v) is 9.90. The number of benzene rings is 3. The molecule has 0 aliphatic carbocycles. The number of halogens is 1. The van der Waals surface area contributed by atoms with Crippen LogP contribution in [-0.4, -0.2) is 23.1 Å². The molecule has 7 heteroatoms. The molecule has 3 aromatic carbocycles. The second-order valence-corrected chi connectivity index (χ2v) is 7.31. The van der Waals surface area contributed by atoms with Gasteiger partial charge in [0.1, 0.15) is 12.4 Å². The van der Waals surface area contributed by atoms with Gasteiger partial charge in [-0.15, -0.1) is 0 Å². The van der Waals surface area contributed by atoms with Gasteiger partial charge in [-0.1, -0.05) is 41.7 Å². The standard InChI is InChI=1S/C22H17FN2O3S/c1-2-28-19(26)13-25-18-12-9-14-5-3-4-6-17(14)20(18)29-22(25)24-21(27)15-7-10-16(23)11-8-15/h3-12H,2,13H2,1H3. The summed E-state index contributed by atoms with van der Waals surface area (Å²) >= 11 is 1.33. The molecule has 0 saturated carbocycles. The summed E-state index contributed by atoms with van der Waals surface area (Å²) in [7, 11) is 0. The summed E-state index contributed by atoms with van der Waals surface area (Å²) in [6, 6.07) is 17.0. The highest BCUT2D eigenvalue weighted by molar-refractivity contribution is 7.17. The molecule has 0 N–H and O–H groups in total. The third-order valence-corrected chi connectivity index (χ3v) is 5.58. The van der Waals surface area contributed by atoms with Crippen molar-refractivity contribution in [2.24, 2.45) is 4.99 Å². The fourth-order valence-corrected chi connectivity index (χ4v) is 4.28. The number of carbonyl (C=O) groups excluding carboxylic acids is 2. The highest BCUT2D eigenvalue weighted by Crippen LogP contribution is 2.27. The zero-order valence-corrected chi connectivity index (χ0v) is 16.4. The van der Waals surface area contributed by atoms with Crippen LogP contribution in [0, 0.1) is 5.82 Å². The summed E-state index contributed by atoms with van der Waals surface area (Å²) in [5, 5.41) is 2.07. The molecule has 1 heterocycles.